The molecule has 6 atom stereocenters. The van der Waals surface area contributed by atoms with Gasteiger partial charge in [0.15, 0.2) is 6.29 Å². The van der Waals surface area contributed by atoms with Crippen molar-refractivity contribution in [2.75, 3.05) is 26.4 Å². The summed E-state index contributed by atoms with van der Waals surface area (Å²) in [6, 6.07) is 0. The predicted molar refractivity (Wildman–Crippen MR) is 261 cm³/mol. The van der Waals surface area contributed by atoms with Gasteiger partial charge in [0.05, 0.1) is 19.8 Å². The molecule has 0 radical (unpaired) electrons. The van der Waals surface area contributed by atoms with Crippen LogP contribution in [0, 0.1) is 0 Å². The first kappa shape index (κ1) is 59.9. The van der Waals surface area contributed by atoms with Gasteiger partial charge < -0.3 is 39.4 Å². The first-order chi connectivity index (χ1) is 30.9. The Morgan fingerprint density at radius 1 is 0.492 bits per heavy atom. The number of carbonyl (C=O) groups is 1. The van der Waals surface area contributed by atoms with Crippen LogP contribution in [0.1, 0.15) is 264 Å². The summed E-state index contributed by atoms with van der Waals surface area (Å²) in [4.78, 5) is 12.8. The second-order valence-electron chi connectivity index (χ2n) is 19.0. The van der Waals surface area contributed by atoms with Crippen LogP contribution < -0.4 is 0 Å². The lowest BCUT2D eigenvalue weighted by Gasteiger charge is -2.39. The van der Waals surface area contributed by atoms with E-state index >= 15 is 0 Å². The molecule has 0 aromatic carbocycles. The van der Waals surface area contributed by atoms with Crippen LogP contribution in [0.5, 0.6) is 0 Å². The molecule has 6 unspecified atom stereocenters. The molecule has 9 nitrogen and oxygen atoms in total. The molecule has 374 valence electrons. The van der Waals surface area contributed by atoms with E-state index in [0.717, 1.165) is 32.1 Å². The largest absolute Gasteiger partial charge is 0.457 e. The smallest absolute Gasteiger partial charge is 0.306 e. The summed E-state index contributed by atoms with van der Waals surface area (Å²) in [5.41, 5.74) is 0. The second-order valence-corrected chi connectivity index (χ2v) is 19.0. The monoisotopic (exact) mass is 897 g/mol. The molecule has 4 N–H and O–H groups in total. The summed E-state index contributed by atoms with van der Waals surface area (Å²) < 4.78 is 22.9. The maximum Gasteiger partial charge on any atom is 0.306 e. The quantitative estimate of drug-likeness (QED) is 0.0267. The molecule has 0 aliphatic carbocycles. The number of allylic oxidation sites excluding steroid dienone is 2. The number of hydrogen-bond acceptors (Lipinski definition) is 9. The summed E-state index contributed by atoms with van der Waals surface area (Å²) in [5.74, 6) is -0.312. The standard InChI is InChI=1S/C54H104O9/c1-3-5-7-9-11-13-15-17-19-21-22-23-24-25-26-28-30-32-34-36-38-40-42-44-60-46-48(47-61-54-53(59)52(58)51(57)49(45-55)63-54)62-50(56)43-41-39-37-35-33-31-29-27-20-18-16-14-12-10-8-6-4-2/h18,20,48-49,51-55,57-59H,3-17,19,21-47H2,1-2H3/b20-18-. The van der Waals surface area contributed by atoms with Crippen LogP contribution in [-0.2, 0) is 23.7 Å². The highest BCUT2D eigenvalue weighted by Gasteiger charge is 2.44. The van der Waals surface area contributed by atoms with Crippen molar-refractivity contribution in [2.45, 2.75) is 301 Å². The molecule has 0 saturated carbocycles. The Morgan fingerprint density at radius 3 is 1.29 bits per heavy atom. The third-order valence-electron chi connectivity index (χ3n) is 12.9. The van der Waals surface area contributed by atoms with Gasteiger partial charge >= 0.3 is 5.97 Å². The van der Waals surface area contributed by atoms with Gasteiger partial charge in [-0.05, 0) is 38.5 Å². The normalized spacial score (nSPS) is 19.6. The predicted octanol–water partition coefficient (Wildman–Crippen LogP) is 13.5. The molecule has 1 saturated heterocycles. The molecule has 9 heteroatoms. The van der Waals surface area contributed by atoms with Crippen LogP contribution >= 0.6 is 0 Å². The van der Waals surface area contributed by atoms with Crippen molar-refractivity contribution in [1.82, 2.24) is 0 Å². The summed E-state index contributed by atoms with van der Waals surface area (Å²) >= 11 is 0. The Bertz CT molecular complexity index is 977. The number of carbonyl (C=O) groups excluding carboxylic acids is 1. The fraction of sp³-hybridized carbons (Fsp3) is 0.944. The number of rotatable bonds is 48. The maximum atomic E-state index is 12.8. The van der Waals surface area contributed by atoms with Gasteiger partial charge in [-0.15, -0.1) is 0 Å². The van der Waals surface area contributed by atoms with Gasteiger partial charge in [-0.2, -0.15) is 0 Å². The highest BCUT2D eigenvalue weighted by atomic mass is 16.7. The Kier molecular flexibility index (Phi) is 43.8. The molecule has 1 aliphatic rings. The van der Waals surface area contributed by atoms with Gasteiger partial charge in [-0.3, -0.25) is 4.79 Å². The van der Waals surface area contributed by atoms with E-state index in [4.69, 9.17) is 18.9 Å². The van der Waals surface area contributed by atoms with Gasteiger partial charge in [0.2, 0.25) is 0 Å². The van der Waals surface area contributed by atoms with Crippen molar-refractivity contribution in [3.05, 3.63) is 12.2 Å². The number of unbranched alkanes of at least 4 members (excludes halogenated alkanes) is 35. The van der Waals surface area contributed by atoms with Gasteiger partial charge in [-0.25, -0.2) is 0 Å². The molecular formula is C54H104O9. The summed E-state index contributed by atoms with van der Waals surface area (Å²) in [5, 5.41) is 40.3. The summed E-state index contributed by atoms with van der Waals surface area (Å²) in [7, 11) is 0. The molecule has 0 bridgehead atoms. The molecule has 0 aromatic rings. The minimum Gasteiger partial charge on any atom is -0.457 e. The number of aliphatic hydroxyl groups is 4. The maximum absolute atomic E-state index is 12.8. The van der Waals surface area contributed by atoms with E-state index in [1.807, 2.05) is 0 Å². The Labute approximate surface area is 388 Å². The van der Waals surface area contributed by atoms with Gasteiger partial charge in [0.1, 0.15) is 30.5 Å². The van der Waals surface area contributed by atoms with Crippen molar-refractivity contribution in [3.8, 4) is 0 Å². The topological polar surface area (TPSA) is 135 Å². The minimum atomic E-state index is -1.53. The lowest BCUT2D eigenvalue weighted by atomic mass is 9.99. The molecule has 1 aliphatic heterocycles. The number of hydrogen-bond donors (Lipinski definition) is 4. The average Bonchev–Trinajstić information content (AvgIpc) is 3.28. The van der Waals surface area contributed by atoms with Crippen LogP contribution in [0.2, 0.25) is 0 Å². The first-order valence-corrected chi connectivity index (χ1v) is 27.3. The van der Waals surface area contributed by atoms with Crippen LogP contribution in [0.25, 0.3) is 0 Å². The van der Waals surface area contributed by atoms with E-state index in [1.54, 1.807) is 0 Å². The molecule has 0 amide bonds. The molecular weight excluding hydrogens is 793 g/mol. The van der Waals surface area contributed by atoms with Crippen LogP contribution in [-0.4, -0.2) is 89.6 Å². The fourth-order valence-corrected chi connectivity index (χ4v) is 8.67. The minimum absolute atomic E-state index is 0.109. The Hall–Kier alpha value is -1.07. The van der Waals surface area contributed by atoms with Gasteiger partial charge in [-0.1, -0.05) is 231 Å². The van der Waals surface area contributed by atoms with Gasteiger partial charge in [0.25, 0.3) is 0 Å². The van der Waals surface area contributed by atoms with Crippen molar-refractivity contribution in [3.63, 3.8) is 0 Å². The van der Waals surface area contributed by atoms with Crippen molar-refractivity contribution in [1.29, 1.82) is 0 Å². The number of esters is 1. The van der Waals surface area contributed by atoms with E-state index in [2.05, 4.69) is 26.0 Å². The second kappa shape index (κ2) is 46.1. The lowest BCUT2D eigenvalue weighted by Crippen LogP contribution is -2.59. The molecule has 63 heavy (non-hydrogen) atoms. The lowest BCUT2D eigenvalue weighted by molar-refractivity contribution is -0.305. The molecule has 1 rings (SSSR count). The van der Waals surface area contributed by atoms with Gasteiger partial charge in [0, 0.05) is 13.0 Å². The van der Waals surface area contributed by atoms with Crippen LogP contribution in [0.4, 0.5) is 0 Å². The number of aliphatic hydroxyl groups excluding tert-OH is 4. The molecule has 1 heterocycles. The zero-order valence-corrected chi connectivity index (χ0v) is 41.4. The van der Waals surface area contributed by atoms with Crippen molar-refractivity contribution < 1.29 is 44.2 Å². The summed E-state index contributed by atoms with van der Waals surface area (Å²) in [6.07, 6.45) is 46.8. The third kappa shape index (κ3) is 36.7. The first-order valence-electron chi connectivity index (χ1n) is 27.3. The SMILES string of the molecule is CCCCCCCC/C=C\CCCCCCCCCC(=O)OC(COCCCCCCCCCCCCCCCCCCCCCCCCC)COC1OC(CO)C(O)C(O)C1O. The highest BCUT2D eigenvalue weighted by Crippen LogP contribution is 2.23. The third-order valence-corrected chi connectivity index (χ3v) is 12.9. The molecule has 0 aromatic heterocycles. The van der Waals surface area contributed by atoms with Crippen molar-refractivity contribution in [2.24, 2.45) is 0 Å². The highest BCUT2D eigenvalue weighted by molar-refractivity contribution is 5.69. The van der Waals surface area contributed by atoms with Crippen LogP contribution in [0.3, 0.4) is 0 Å². The van der Waals surface area contributed by atoms with E-state index in [0.29, 0.717) is 13.0 Å². The zero-order chi connectivity index (χ0) is 45.7. The number of ether oxygens (including phenoxy) is 4. The fourth-order valence-electron chi connectivity index (χ4n) is 8.67. The van der Waals surface area contributed by atoms with E-state index in [9.17, 15) is 25.2 Å². The van der Waals surface area contributed by atoms with E-state index in [-0.39, 0.29) is 19.2 Å². The average molecular weight is 897 g/mol. The van der Waals surface area contributed by atoms with E-state index < -0.39 is 43.4 Å². The molecule has 1 fully saturated rings. The zero-order valence-electron chi connectivity index (χ0n) is 41.4. The van der Waals surface area contributed by atoms with Crippen molar-refractivity contribution >= 4 is 5.97 Å². The Morgan fingerprint density at radius 2 is 0.873 bits per heavy atom. The summed E-state index contributed by atoms with van der Waals surface area (Å²) in [6.45, 7) is 4.61. The molecule has 0 spiro atoms. The Balaban J connectivity index is 2.15. The van der Waals surface area contributed by atoms with Crippen LogP contribution in [0.15, 0.2) is 12.2 Å². The van der Waals surface area contributed by atoms with E-state index in [1.165, 1.54) is 212 Å².